The highest BCUT2D eigenvalue weighted by Gasteiger charge is 1.96. The number of hydrogen-bond donors (Lipinski definition) is 0. The summed E-state index contributed by atoms with van der Waals surface area (Å²) in [6.07, 6.45) is 7.07. The molecule has 0 saturated heterocycles. The average Bonchev–Trinajstić information content (AvgIpc) is 2.71. The van der Waals surface area contributed by atoms with Gasteiger partial charge in [-0.25, -0.2) is 0 Å². The van der Waals surface area contributed by atoms with Gasteiger partial charge in [-0.2, -0.15) is 0 Å². The summed E-state index contributed by atoms with van der Waals surface area (Å²) in [4.78, 5) is 16.7. The quantitative estimate of drug-likeness (QED) is 0.388. The van der Waals surface area contributed by atoms with E-state index in [4.69, 9.17) is 0 Å². The molecule has 0 bridgehead atoms. The third kappa shape index (κ3) is 6.46. The normalized spacial score (nSPS) is 8.92. The van der Waals surface area contributed by atoms with E-state index in [1.54, 1.807) is 24.8 Å². The summed E-state index contributed by atoms with van der Waals surface area (Å²) in [7, 11) is 0. The van der Waals surface area contributed by atoms with E-state index in [0.29, 0.717) is 0 Å². The lowest BCUT2D eigenvalue weighted by Gasteiger charge is -1.96. The Morgan fingerprint density at radius 1 is 0.346 bits per heavy atom. The Morgan fingerprint density at radius 2 is 0.577 bits per heavy atom. The topological polar surface area (TPSA) is 51.6 Å². The van der Waals surface area contributed by atoms with Crippen LogP contribution >= 0.6 is 34.0 Å². The van der Waals surface area contributed by atoms with Crippen LogP contribution in [-0.2, 0) is 0 Å². The van der Waals surface area contributed by atoms with Crippen molar-refractivity contribution in [3.05, 3.63) is 97.6 Å². The fourth-order valence-corrected chi connectivity index (χ4v) is 2.06. The van der Waals surface area contributed by atoms with E-state index in [9.17, 15) is 0 Å². The molecule has 0 aliphatic heterocycles. The zero-order valence-electron chi connectivity index (χ0n) is 13.8. The molecule has 0 radical (unpaired) electrons. The second-order valence-corrected chi connectivity index (χ2v) is 4.86. The van der Waals surface area contributed by atoms with Crippen molar-refractivity contribution in [1.29, 1.82) is 0 Å². The second-order valence-electron chi connectivity index (χ2n) is 4.86. The van der Waals surface area contributed by atoms with Crippen molar-refractivity contribution in [3.8, 4) is 22.8 Å². The van der Waals surface area contributed by atoms with Crippen LogP contribution in [0.15, 0.2) is 97.6 Å². The minimum absolute atomic E-state index is 0. The van der Waals surface area contributed by atoms with E-state index in [1.807, 2.05) is 72.8 Å². The highest BCUT2D eigenvalue weighted by Crippen LogP contribution is 2.11. The molecule has 0 aliphatic rings. The fourth-order valence-electron chi connectivity index (χ4n) is 2.06. The molecule has 0 unspecified atom stereocenters. The summed E-state index contributed by atoms with van der Waals surface area (Å²) in [6.45, 7) is 0. The van der Waals surface area contributed by atoms with Crippen molar-refractivity contribution in [1.82, 2.24) is 19.9 Å². The molecule has 0 aliphatic carbocycles. The highest BCUT2D eigenvalue weighted by atomic mass is 79.9. The molecular formula is C20H18Br2N4. The Morgan fingerprint density at radius 3 is 0.731 bits per heavy atom. The number of rotatable bonds is 2. The van der Waals surface area contributed by atoms with E-state index in [1.165, 1.54) is 0 Å². The molecular weight excluding hydrogens is 456 g/mol. The first-order chi connectivity index (χ1) is 11.9. The number of nitrogens with zero attached hydrogens (tertiary/aromatic N) is 4. The second kappa shape index (κ2) is 12.0. The van der Waals surface area contributed by atoms with Crippen molar-refractivity contribution in [2.75, 3.05) is 0 Å². The lowest BCUT2D eigenvalue weighted by molar-refractivity contribution is 1.25. The molecule has 0 aromatic carbocycles. The van der Waals surface area contributed by atoms with Crippen molar-refractivity contribution >= 4 is 34.0 Å². The van der Waals surface area contributed by atoms with Gasteiger partial charge in [0.1, 0.15) is 0 Å². The van der Waals surface area contributed by atoms with Gasteiger partial charge in [-0.3, -0.25) is 19.9 Å². The van der Waals surface area contributed by atoms with Crippen LogP contribution in [0.4, 0.5) is 0 Å². The minimum atomic E-state index is 0. The van der Waals surface area contributed by atoms with Gasteiger partial charge in [0.05, 0.1) is 22.8 Å². The molecule has 26 heavy (non-hydrogen) atoms. The first-order valence-electron chi connectivity index (χ1n) is 7.58. The van der Waals surface area contributed by atoms with E-state index in [2.05, 4.69) is 19.9 Å². The number of pyridine rings is 4. The summed E-state index contributed by atoms with van der Waals surface area (Å²) in [5, 5.41) is 0. The molecule has 0 spiro atoms. The summed E-state index contributed by atoms with van der Waals surface area (Å²) >= 11 is 0. The maximum absolute atomic E-state index is 4.19. The third-order valence-electron chi connectivity index (χ3n) is 3.18. The van der Waals surface area contributed by atoms with Gasteiger partial charge in [-0.15, -0.1) is 34.0 Å². The van der Waals surface area contributed by atoms with Gasteiger partial charge in [-0.05, 0) is 48.5 Å². The first kappa shape index (κ1) is 21.6. The summed E-state index contributed by atoms with van der Waals surface area (Å²) in [6, 6.07) is 23.2. The van der Waals surface area contributed by atoms with Crippen molar-refractivity contribution in [3.63, 3.8) is 0 Å². The molecule has 0 saturated carbocycles. The minimum Gasteiger partial charge on any atom is -0.255 e. The maximum Gasteiger partial charge on any atom is 0.0886 e. The Balaban J connectivity index is 0.000000241. The molecule has 0 amide bonds. The van der Waals surface area contributed by atoms with E-state index in [0.717, 1.165) is 22.8 Å². The first-order valence-corrected chi connectivity index (χ1v) is 7.58. The largest absolute Gasteiger partial charge is 0.255 e. The van der Waals surface area contributed by atoms with Gasteiger partial charge in [0.15, 0.2) is 0 Å². The van der Waals surface area contributed by atoms with Gasteiger partial charge in [0.25, 0.3) is 0 Å². The Hall–Kier alpha value is -2.44. The van der Waals surface area contributed by atoms with Crippen molar-refractivity contribution in [2.45, 2.75) is 0 Å². The van der Waals surface area contributed by atoms with Crippen LogP contribution in [-0.4, -0.2) is 19.9 Å². The van der Waals surface area contributed by atoms with Gasteiger partial charge in [0, 0.05) is 24.8 Å². The monoisotopic (exact) mass is 472 g/mol. The molecule has 0 fully saturated rings. The molecule has 4 aromatic rings. The number of hydrogen-bond acceptors (Lipinski definition) is 4. The number of halogens is 2. The van der Waals surface area contributed by atoms with E-state index < -0.39 is 0 Å². The molecule has 4 heterocycles. The van der Waals surface area contributed by atoms with Gasteiger partial charge < -0.3 is 0 Å². The fraction of sp³-hybridized carbons (Fsp3) is 0. The lowest BCUT2D eigenvalue weighted by atomic mass is 10.2. The maximum atomic E-state index is 4.19. The Labute approximate surface area is 174 Å². The molecule has 132 valence electrons. The Bertz CT molecular complexity index is 696. The molecule has 4 aromatic heterocycles. The van der Waals surface area contributed by atoms with E-state index in [-0.39, 0.29) is 34.0 Å². The molecule has 4 rings (SSSR count). The summed E-state index contributed by atoms with van der Waals surface area (Å²) in [5.74, 6) is 0. The smallest absolute Gasteiger partial charge is 0.0886 e. The molecule has 0 N–H and O–H groups in total. The van der Waals surface area contributed by atoms with Crippen LogP contribution in [0.1, 0.15) is 0 Å². The van der Waals surface area contributed by atoms with Gasteiger partial charge >= 0.3 is 0 Å². The predicted molar refractivity (Wildman–Crippen MR) is 116 cm³/mol. The van der Waals surface area contributed by atoms with Crippen LogP contribution in [0.2, 0.25) is 0 Å². The van der Waals surface area contributed by atoms with Crippen LogP contribution in [0, 0.1) is 0 Å². The van der Waals surface area contributed by atoms with Crippen molar-refractivity contribution in [2.24, 2.45) is 0 Å². The predicted octanol–water partition coefficient (Wildman–Crippen LogP) is 5.44. The van der Waals surface area contributed by atoms with Crippen molar-refractivity contribution < 1.29 is 0 Å². The molecule has 0 atom stereocenters. The van der Waals surface area contributed by atoms with E-state index >= 15 is 0 Å². The molecule has 6 heteroatoms. The zero-order chi connectivity index (χ0) is 16.5. The van der Waals surface area contributed by atoms with Gasteiger partial charge in [-0.1, -0.05) is 24.3 Å². The van der Waals surface area contributed by atoms with Crippen LogP contribution in [0.5, 0.6) is 0 Å². The lowest BCUT2D eigenvalue weighted by Crippen LogP contribution is -1.83. The highest BCUT2D eigenvalue weighted by molar-refractivity contribution is 8.93. The van der Waals surface area contributed by atoms with Crippen LogP contribution < -0.4 is 0 Å². The standard InChI is InChI=1S/2C10H8N2.2BrH/c2*1-3-7-11-9(5-1)10-6-2-4-8-12-10;;/h2*1-8H;2*1H. The summed E-state index contributed by atoms with van der Waals surface area (Å²) in [5.41, 5.74) is 3.66. The molecule has 4 nitrogen and oxygen atoms in total. The van der Waals surface area contributed by atoms with Gasteiger partial charge in [0.2, 0.25) is 0 Å². The zero-order valence-corrected chi connectivity index (χ0v) is 17.3. The SMILES string of the molecule is Br.Br.c1ccc(-c2ccccn2)nc1.c1ccc(-c2ccccn2)nc1. The van der Waals surface area contributed by atoms with Crippen LogP contribution in [0.25, 0.3) is 22.8 Å². The summed E-state index contributed by atoms with van der Waals surface area (Å²) < 4.78 is 0. The number of aromatic nitrogens is 4. The average molecular weight is 474 g/mol. The third-order valence-corrected chi connectivity index (χ3v) is 3.18. The Kier molecular flexibility index (Phi) is 9.97. The van der Waals surface area contributed by atoms with Crippen LogP contribution in [0.3, 0.4) is 0 Å².